The van der Waals surface area contributed by atoms with Crippen LogP contribution in [0.1, 0.15) is 48.3 Å². The van der Waals surface area contributed by atoms with Gasteiger partial charge in [0.15, 0.2) is 4.67 Å². The number of pyridine rings is 2. The van der Waals surface area contributed by atoms with E-state index >= 15 is 0 Å². The van der Waals surface area contributed by atoms with Crippen LogP contribution in [0.3, 0.4) is 0 Å². The SMILES string of the molecule is Brc1ccc(/C=C2\CCCN=C2c2cccnc2)o1.Cl.Cl.Fc1ccc(-c2ccc(/C=C3\CCCN=C3c3cccnc3)o2)cc1.OB(O)c1ccc(F)cc1. The third-order valence-corrected chi connectivity index (χ3v) is 8.80. The van der Waals surface area contributed by atoms with Crippen LogP contribution in [-0.4, -0.2) is 51.6 Å². The lowest BCUT2D eigenvalue weighted by atomic mass is 9.80. The van der Waals surface area contributed by atoms with Crippen LogP contribution in [-0.2, 0) is 0 Å². The molecule has 4 aromatic heterocycles. The molecule has 288 valence electrons. The highest BCUT2D eigenvalue weighted by molar-refractivity contribution is 9.10. The Kier molecular flexibility index (Phi) is 17.1. The fraction of sp³-hybridized carbons (Fsp3) is 0.143. The van der Waals surface area contributed by atoms with E-state index in [0.717, 1.165) is 94.4 Å². The van der Waals surface area contributed by atoms with Crippen molar-refractivity contribution in [2.75, 3.05) is 13.1 Å². The molecule has 14 heteroatoms. The van der Waals surface area contributed by atoms with Gasteiger partial charge in [-0.15, -0.1) is 24.8 Å². The van der Waals surface area contributed by atoms with Gasteiger partial charge in [0.05, 0.1) is 11.4 Å². The lowest BCUT2D eigenvalue weighted by Crippen LogP contribution is -2.29. The van der Waals surface area contributed by atoms with Crippen molar-refractivity contribution in [3.05, 3.63) is 172 Å². The van der Waals surface area contributed by atoms with E-state index in [1.807, 2.05) is 67.0 Å². The molecule has 2 aliphatic rings. The maximum atomic E-state index is 13.1. The molecule has 0 amide bonds. The van der Waals surface area contributed by atoms with Gasteiger partial charge < -0.3 is 18.9 Å². The normalized spacial score (nSPS) is 14.8. The first kappa shape index (κ1) is 43.7. The number of rotatable bonds is 6. The molecular formula is C42H38BBrCl2F2N4O4. The van der Waals surface area contributed by atoms with Gasteiger partial charge in [0.1, 0.15) is 28.9 Å². The molecule has 0 saturated heterocycles. The van der Waals surface area contributed by atoms with Crippen LogP contribution in [0, 0.1) is 11.6 Å². The van der Waals surface area contributed by atoms with Gasteiger partial charge in [-0.05, 0) is 155 Å². The Hall–Kier alpha value is -4.98. The fourth-order valence-corrected chi connectivity index (χ4v) is 6.10. The highest BCUT2D eigenvalue weighted by Gasteiger charge is 2.16. The van der Waals surface area contributed by atoms with Crippen LogP contribution < -0.4 is 5.46 Å². The second kappa shape index (κ2) is 21.9. The van der Waals surface area contributed by atoms with Crippen LogP contribution in [0.15, 0.2) is 156 Å². The molecule has 0 aliphatic carbocycles. The van der Waals surface area contributed by atoms with Gasteiger partial charge in [0, 0.05) is 54.6 Å². The zero-order chi connectivity index (χ0) is 37.7. The summed E-state index contributed by atoms with van der Waals surface area (Å²) in [6.45, 7) is 1.71. The van der Waals surface area contributed by atoms with E-state index in [0.29, 0.717) is 5.46 Å². The first-order chi connectivity index (χ1) is 26.3. The molecule has 2 aromatic carbocycles. The number of hydrogen-bond donors (Lipinski definition) is 2. The lowest BCUT2D eigenvalue weighted by molar-refractivity contribution is 0.425. The van der Waals surface area contributed by atoms with Crippen molar-refractivity contribution in [1.82, 2.24) is 9.97 Å². The van der Waals surface area contributed by atoms with Crippen LogP contribution in [0.4, 0.5) is 8.78 Å². The van der Waals surface area contributed by atoms with Gasteiger partial charge in [-0.1, -0.05) is 12.1 Å². The molecule has 0 bridgehead atoms. The van der Waals surface area contributed by atoms with E-state index in [9.17, 15) is 8.78 Å². The van der Waals surface area contributed by atoms with Crippen LogP contribution >= 0.6 is 40.7 Å². The van der Waals surface area contributed by atoms with E-state index in [4.69, 9.17) is 18.9 Å². The standard InChI is InChI=1S/C21H17FN2O.C15H13BrN2O.C6H6BFO2.2ClH/c22-18-7-5-15(6-8-18)20-10-9-19(25-20)13-16-3-2-12-24-21(16)17-4-1-11-23-14-17;16-14-6-5-13(19-14)9-11-3-2-8-18-15(11)12-4-1-7-17-10-12;8-6-3-1-5(2-4-6)7(9)10;;/h1,4-11,13-14H,2-3,12H2;1,4-7,9-10H,2-3,8H2;1-4,9-10H;2*1H/b16-13+;11-9+;;;. The molecule has 0 radical (unpaired) electrons. The zero-order valence-electron chi connectivity index (χ0n) is 30.0. The molecule has 0 atom stereocenters. The molecule has 0 fully saturated rings. The van der Waals surface area contributed by atoms with Crippen molar-refractivity contribution in [1.29, 1.82) is 0 Å². The Balaban J connectivity index is 0.000000199. The Bertz CT molecular complexity index is 2250. The van der Waals surface area contributed by atoms with Gasteiger partial charge in [-0.25, -0.2) is 8.78 Å². The number of hydrogen-bond acceptors (Lipinski definition) is 8. The number of benzene rings is 2. The number of halogens is 5. The summed E-state index contributed by atoms with van der Waals surface area (Å²) in [5, 5.41) is 17.1. The molecular weight excluding hydrogens is 824 g/mol. The van der Waals surface area contributed by atoms with Gasteiger partial charge in [-0.2, -0.15) is 0 Å². The molecule has 0 spiro atoms. The zero-order valence-corrected chi connectivity index (χ0v) is 33.2. The summed E-state index contributed by atoms with van der Waals surface area (Å²) in [4.78, 5) is 17.7. The van der Waals surface area contributed by atoms with Gasteiger partial charge >= 0.3 is 7.12 Å². The molecule has 2 N–H and O–H groups in total. The summed E-state index contributed by atoms with van der Waals surface area (Å²) < 4.78 is 37.5. The van der Waals surface area contributed by atoms with Gasteiger partial charge in [-0.3, -0.25) is 20.0 Å². The van der Waals surface area contributed by atoms with E-state index in [-0.39, 0.29) is 36.4 Å². The van der Waals surface area contributed by atoms with Crippen molar-refractivity contribution in [3.63, 3.8) is 0 Å². The Morgan fingerprint density at radius 1 is 0.607 bits per heavy atom. The Morgan fingerprint density at radius 2 is 1.11 bits per heavy atom. The van der Waals surface area contributed by atoms with Crippen LogP contribution in [0.25, 0.3) is 23.5 Å². The van der Waals surface area contributed by atoms with E-state index in [1.165, 1.54) is 42.0 Å². The number of allylic oxidation sites excluding steroid dienone is 2. The van der Waals surface area contributed by atoms with E-state index in [1.54, 1.807) is 24.5 Å². The summed E-state index contributed by atoms with van der Waals surface area (Å²) in [7, 11) is -1.51. The predicted molar refractivity (Wildman–Crippen MR) is 227 cm³/mol. The minimum atomic E-state index is -1.51. The molecule has 8 nitrogen and oxygen atoms in total. The Labute approximate surface area is 345 Å². The van der Waals surface area contributed by atoms with Crippen molar-refractivity contribution in [2.45, 2.75) is 25.7 Å². The summed E-state index contributed by atoms with van der Waals surface area (Å²) in [5.41, 5.74) is 7.63. The average Bonchev–Trinajstić information content (AvgIpc) is 3.85. The second-order valence-corrected chi connectivity index (χ2v) is 13.0. The van der Waals surface area contributed by atoms with Crippen molar-refractivity contribution >= 4 is 76.9 Å². The summed E-state index contributed by atoms with van der Waals surface area (Å²) >= 11 is 3.32. The maximum absolute atomic E-state index is 13.1. The third kappa shape index (κ3) is 12.5. The monoisotopic (exact) mass is 860 g/mol. The fourth-order valence-electron chi connectivity index (χ4n) is 5.78. The van der Waals surface area contributed by atoms with E-state index in [2.05, 4.69) is 42.0 Å². The van der Waals surface area contributed by atoms with Crippen molar-refractivity contribution < 1.29 is 27.7 Å². The molecule has 8 rings (SSSR count). The number of aliphatic imine (C=N–C) groups is 2. The maximum Gasteiger partial charge on any atom is 0.488 e. The Morgan fingerprint density at radius 3 is 1.57 bits per heavy atom. The minimum absolute atomic E-state index is 0. The summed E-state index contributed by atoms with van der Waals surface area (Å²) in [6, 6.07) is 26.9. The average molecular weight is 862 g/mol. The highest BCUT2D eigenvalue weighted by Crippen LogP contribution is 2.27. The molecule has 56 heavy (non-hydrogen) atoms. The lowest BCUT2D eigenvalue weighted by Gasteiger charge is -2.15. The van der Waals surface area contributed by atoms with Crippen molar-refractivity contribution in [3.8, 4) is 11.3 Å². The van der Waals surface area contributed by atoms with E-state index < -0.39 is 7.12 Å². The second-order valence-electron chi connectivity index (χ2n) is 12.3. The number of furan rings is 2. The van der Waals surface area contributed by atoms with Gasteiger partial charge in [0.2, 0.25) is 0 Å². The largest absolute Gasteiger partial charge is 0.488 e. The number of aromatic nitrogens is 2. The quantitative estimate of drug-likeness (QED) is 0.161. The van der Waals surface area contributed by atoms with Gasteiger partial charge in [0.25, 0.3) is 0 Å². The summed E-state index contributed by atoms with van der Waals surface area (Å²) in [6.07, 6.45) is 15.4. The summed E-state index contributed by atoms with van der Waals surface area (Å²) in [5.74, 6) is 1.71. The predicted octanol–water partition coefficient (Wildman–Crippen LogP) is 9.60. The first-order valence-corrected chi connectivity index (χ1v) is 18.2. The smallest absolute Gasteiger partial charge is 0.457 e. The topological polar surface area (TPSA) is 117 Å². The molecule has 6 aromatic rings. The van der Waals surface area contributed by atoms with Crippen LogP contribution in [0.2, 0.25) is 0 Å². The highest BCUT2D eigenvalue weighted by atomic mass is 79.9. The van der Waals surface area contributed by atoms with Crippen LogP contribution in [0.5, 0.6) is 0 Å². The molecule has 0 saturated carbocycles. The molecule has 6 heterocycles. The van der Waals surface area contributed by atoms with Crippen molar-refractivity contribution in [2.24, 2.45) is 9.98 Å². The molecule has 2 aliphatic heterocycles. The minimum Gasteiger partial charge on any atom is -0.457 e. The first-order valence-electron chi connectivity index (χ1n) is 17.4. The number of nitrogens with zero attached hydrogens (tertiary/aromatic N) is 4. The third-order valence-electron chi connectivity index (χ3n) is 8.38. The molecule has 0 unspecified atom stereocenters.